The molecule has 0 heterocycles. The van der Waals surface area contributed by atoms with Crippen LogP contribution in [0.2, 0.25) is 0 Å². The molecule has 18 heavy (non-hydrogen) atoms. The quantitative estimate of drug-likeness (QED) is 0.478. The third-order valence-corrected chi connectivity index (χ3v) is 3.03. The Bertz CT molecular complexity index is 342. The number of aliphatic hydroxyl groups is 2. The lowest BCUT2D eigenvalue weighted by Gasteiger charge is -2.14. The van der Waals surface area contributed by atoms with Gasteiger partial charge in [0.15, 0.2) is 6.29 Å². The van der Waals surface area contributed by atoms with Crippen molar-refractivity contribution in [1.82, 2.24) is 0 Å². The lowest BCUT2D eigenvalue weighted by Crippen LogP contribution is -2.26. The summed E-state index contributed by atoms with van der Waals surface area (Å²) in [6.45, 7) is 0. The molecule has 3 atom stereocenters. The smallest absolute Gasteiger partial charge is 0.151 e. The molecule has 0 amide bonds. The molecule has 100 valence electrons. The number of aliphatic hydroxyl groups excluding tert-OH is 2. The minimum Gasteiger partial charge on any atom is -0.390 e. The van der Waals surface area contributed by atoms with Crippen molar-refractivity contribution in [3.8, 4) is 0 Å². The standard InChI is InChI=1S/C14H21NO3/c15-12(11-6-2-1-3-7-11)8-4-5-9-13(17)14(18)10-16/h1-3,6-7,10,12-14,17-18H,4-5,8-9,15H2/t12?,13-,14-/m0/s1. The van der Waals surface area contributed by atoms with Crippen LogP contribution in [-0.2, 0) is 4.79 Å². The normalized spacial score (nSPS) is 15.9. The first-order valence-corrected chi connectivity index (χ1v) is 6.27. The first-order valence-electron chi connectivity index (χ1n) is 6.27. The van der Waals surface area contributed by atoms with E-state index in [-0.39, 0.29) is 6.04 Å². The van der Waals surface area contributed by atoms with Crippen LogP contribution in [0.5, 0.6) is 0 Å². The van der Waals surface area contributed by atoms with Crippen LogP contribution in [0, 0.1) is 0 Å². The third-order valence-electron chi connectivity index (χ3n) is 3.03. The molecule has 0 spiro atoms. The van der Waals surface area contributed by atoms with E-state index in [1.165, 1.54) is 0 Å². The average molecular weight is 251 g/mol. The topological polar surface area (TPSA) is 83.6 Å². The molecule has 0 aliphatic rings. The average Bonchev–Trinajstić information content (AvgIpc) is 2.43. The molecular formula is C14H21NO3. The second-order valence-electron chi connectivity index (χ2n) is 4.50. The summed E-state index contributed by atoms with van der Waals surface area (Å²) < 4.78 is 0. The van der Waals surface area contributed by atoms with Gasteiger partial charge in [0, 0.05) is 6.04 Å². The van der Waals surface area contributed by atoms with Gasteiger partial charge in [-0.05, 0) is 18.4 Å². The molecule has 1 unspecified atom stereocenters. The number of rotatable bonds is 8. The Morgan fingerprint density at radius 3 is 2.33 bits per heavy atom. The Balaban J connectivity index is 2.20. The molecule has 0 radical (unpaired) electrons. The highest BCUT2D eigenvalue weighted by Gasteiger charge is 2.14. The number of aldehydes is 1. The summed E-state index contributed by atoms with van der Waals surface area (Å²) >= 11 is 0. The molecule has 4 heteroatoms. The monoisotopic (exact) mass is 251 g/mol. The van der Waals surface area contributed by atoms with E-state index in [9.17, 15) is 9.90 Å². The highest BCUT2D eigenvalue weighted by molar-refractivity contribution is 5.56. The van der Waals surface area contributed by atoms with Crippen LogP contribution in [0.4, 0.5) is 0 Å². The van der Waals surface area contributed by atoms with Gasteiger partial charge in [-0.15, -0.1) is 0 Å². The van der Waals surface area contributed by atoms with Gasteiger partial charge in [0.25, 0.3) is 0 Å². The number of benzene rings is 1. The molecule has 0 fully saturated rings. The molecule has 0 aromatic heterocycles. The van der Waals surface area contributed by atoms with Crippen molar-refractivity contribution < 1.29 is 15.0 Å². The first-order chi connectivity index (χ1) is 8.65. The Morgan fingerprint density at radius 1 is 1.11 bits per heavy atom. The van der Waals surface area contributed by atoms with Gasteiger partial charge in [-0.3, -0.25) is 0 Å². The minimum absolute atomic E-state index is 0.000614. The molecule has 0 saturated carbocycles. The van der Waals surface area contributed by atoms with E-state index in [0.29, 0.717) is 12.7 Å². The Kier molecular flexibility index (Phi) is 6.57. The number of nitrogens with two attached hydrogens (primary N) is 1. The molecule has 0 aliphatic carbocycles. The number of unbranched alkanes of at least 4 members (excludes halogenated alkanes) is 1. The summed E-state index contributed by atoms with van der Waals surface area (Å²) in [6, 6.07) is 9.86. The molecule has 1 aromatic carbocycles. The Hall–Kier alpha value is -1.23. The van der Waals surface area contributed by atoms with Gasteiger partial charge in [-0.1, -0.05) is 43.2 Å². The van der Waals surface area contributed by atoms with Crippen molar-refractivity contribution in [3.05, 3.63) is 35.9 Å². The van der Waals surface area contributed by atoms with Gasteiger partial charge in [0.2, 0.25) is 0 Å². The maximum absolute atomic E-state index is 10.2. The Labute approximate surface area is 107 Å². The largest absolute Gasteiger partial charge is 0.390 e. The van der Waals surface area contributed by atoms with Crippen molar-refractivity contribution in [2.75, 3.05) is 0 Å². The zero-order valence-corrected chi connectivity index (χ0v) is 10.4. The highest BCUT2D eigenvalue weighted by atomic mass is 16.3. The zero-order valence-electron chi connectivity index (χ0n) is 10.4. The van der Waals surface area contributed by atoms with Crippen LogP contribution < -0.4 is 5.73 Å². The SMILES string of the molecule is NC(CCCC[C@H](O)[C@@H](O)C=O)c1ccccc1. The maximum Gasteiger partial charge on any atom is 0.151 e. The van der Waals surface area contributed by atoms with Crippen molar-refractivity contribution in [1.29, 1.82) is 0 Å². The second kappa shape index (κ2) is 7.97. The number of hydrogen-bond donors (Lipinski definition) is 3. The van der Waals surface area contributed by atoms with Gasteiger partial charge in [-0.2, -0.15) is 0 Å². The predicted molar refractivity (Wildman–Crippen MR) is 69.9 cm³/mol. The molecule has 0 aliphatic heterocycles. The van der Waals surface area contributed by atoms with E-state index in [4.69, 9.17) is 10.8 Å². The van der Waals surface area contributed by atoms with Crippen LogP contribution >= 0.6 is 0 Å². The molecule has 1 rings (SSSR count). The summed E-state index contributed by atoms with van der Waals surface area (Å²) in [5.41, 5.74) is 7.13. The van der Waals surface area contributed by atoms with Crippen LogP contribution in [0.15, 0.2) is 30.3 Å². The van der Waals surface area contributed by atoms with Crippen LogP contribution in [-0.4, -0.2) is 28.7 Å². The van der Waals surface area contributed by atoms with Gasteiger partial charge in [-0.25, -0.2) is 0 Å². The van der Waals surface area contributed by atoms with Gasteiger partial charge >= 0.3 is 0 Å². The van der Waals surface area contributed by atoms with E-state index >= 15 is 0 Å². The van der Waals surface area contributed by atoms with E-state index in [1.54, 1.807) is 0 Å². The summed E-state index contributed by atoms with van der Waals surface area (Å²) in [7, 11) is 0. The Morgan fingerprint density at radius 2 is 1.72 bits per heavy atom. The van der Waals surface area contributed by atoms with Crippen molar-refractivity contribution >= 4 is 6.29 Å². The molecule has 1 aromatic rings. The van der Waals surface area contributed by atoms with Crippen molar-refractivity contribution in [2.24, 2.45) is 5.73 Å². The third kappa shape index (κ3) is 4.96. The molecular weight excluding hydrogens is 230 g/mol. The molecule has 4 N–H and O–H groups in total. The van der Waals surface area contributed by atoms with E-state index < -0.39 is 12.2 Å². The number of carbonyl (C=O) groups is 1. The van der Waals surface area contributed by atoms with Crippen LogP contribution in [0.1, 0.15) is 37.3 Å². The lowest BCUT2D eigenvalue weighted by molar-refractivity contribution is -0.120. The fraction of sp³-hybridized carbons (Fsp3) is 0.500. The minimum atomic E-state index is -1.27. The summed E-state index contributed by atoms with van der Waals surface area (Å²) in [4.78, 5) is 10.2. The van der Waals surface area contributed by atoms with Crippen LogP contribution in [0.25, 0.3) is 0 Å². The van der Waals surface area contributed by atoms with Gasteiger partial charge < -0.3 is 20.7 Å². The highest BCUT2D eigenvalue weighted by Crippen LogP contribution is 2.17. The molecule has 4 nitrogen and oxygen atoms in total. The summed E-state index contributed by atoms with van der Waals surface area (Å²) in [5, 5.41) is 18.5. The predicted octanol–water partition coefficient (Wildman–Crippen LogP) is 1.17. The fourth-order valence-electron chi connectivity index (χ4n) is 1.85. The fourth-order valence-corrected chi connectivity index (χ4v) is 1.85. The molecule has 0 saturated heterocycles. The zero-order chi connectivity index (χ0) is 13.4. The lowest BCUT2D eigenvalue weighted by atomic mass is 10.00. The van der Waals surface area contributed by atoms with E-state index in [0.717, 1.165) is 24.8 Å². The van der Waals surface area contributed by atoms with Crippen molar-refractivity contribution in [2.45, 2.75) is 43.9 Å². The van der Waals surface area contributed by atoms with Gasteiger partial charge in [0.1, 0.15) is 6.10 Å². The molecule has 0 bridgehead atoms. The van der Waals surface area contributed by atoms with Crippen molar-refractivity contribution in [3.63, 3.8) is 0 Å². The number of hydrogen-bond acceptors (Lipinski definition) is 4. The van der Waals surface area contributed by atoms with E-state index in [1.807, 2.05) is 30.3 Å². The van der Waals surface area contributed by atoms with Crippen LogP contribution in [0.3, 0.4) is 0 Å². The first kappa shape index (κ1) is 14.8. The maximum atomic E-state index is 10.2. The number of carbonyl (C=O) groups excluding carboxylic acids is 1. The second-order valence-corrected chi connectivity index (χ2v) is 4.50. The summed E-state index contributed by atoms with van der Waals surface area (Å²) in [6.07, 6.45) is 0.976. The van der Waals surface area contributed by atoms with E-state index in [2.05, 4.69) is 0 Å². The van der Waals surface area contributed by atoms with Gasteiger partial charge in [0.05, 0.1) is 6.10 Å². The summed E-state index contributed by atoms with van der Waals surface area (Å²) in [5.74, 6) is 0.